The van der Waals surface area contributed by atoms with Crippen molar-refractivity contribution in [3.8, 4) is 0 Å². The van der Waals surface area contributed by atoms with Gasteiger partial charge in [0.2, 0.25) is 5.91 Å². The first-order chi connectivity index (χ1) is 12.8. The van der Waals surface area contributed by atoms with Crippen molar-refractivity contribution in [3.05, 3.63) is 29.9 Å². The Balaban J connectivity index is 0.00000210. The number of halogens is 1. The Morgan fingerprint density at radius 1 is 1.14 bits per heavy atom. The van der Waals surface area contributed by atoms with Crippen molar-refractivity contribution >= 4 is 34.9 Å². The van der Waals surface area contributed by atoms with E-state index in [2.05, 4.69) is 32.3 Å². The molecule has 2 fully saturated rings. The fraction of sp³-hybridized carbons (Fsp3) is 0.727. The van der Waals surface area contributed by atoms with Gasteiger partial charge in [0.05, 0.1) is 5.91 Å². The van der Waals surface area contributed by atoms with E-state index < -0.39 is 10.8 Å². The Kier molecular flexibility index (Phi) is 9.75. The predicted molar refractivity (Wildman–Crippen MR) is 113 cm³/mol. The van der Waals surface area contributed by atoms with Gasteiger partial charge in [0, 0.05) is 30.5 Å². The second-order valence-corrected chi connectivity index (χ2v) is 9.05. The number of amides is 2. The van der Waals surface area contributed by atoms with Crippen LogP contribution in [0.5, 0.6) is 0 Å². The third kappa shape index (κ3) is 5.04. The summed E-state index contributed by atoms with van der Waals surface area (Å²) < 4.78 is 0. The van der Waals surface area contributed by atoms with Crippen LogP contribution in [0.2, 0.25) is 0 Å². The van der Waals surface area contributed by atoms with Gasteiger partial charge in [-0.05, 0) is 49.8 Å². The van der Waals surface area contributed by atoms with Crippen molar-refractivity contribution in [2.75, 3.05) is 13.1 Å². The van der Waals surface area contributed by atoms with E-state index in [-0.39, 0.29) is 63.8 Å². The molecule has 0 aromatic heterocycles. The van der Waals surface area contributed by atoms with Gasteiger partial charge in [0.1, 0.15) is 0 Å². The molecule has 0 aromatic carbocycles. The van der Waals surface area contributed by atoms with Gasteiger partial charge in [0.25, 0.3) is 0 Å². The van der Waals surface area contributed by atoms with Crippen molar-refractivity contribution in [3.63, 3.8) is 0 Å². The minimum absolute atomic E-state index is 0. The molecule has 2 aliphatic heterocycles. The van der Waals surface area contributed by atoms with Crippen LogP contribution in [0.25, 0.3) is 5.43 Å². The van der Waals surface area contributed by atoms with E-state index in [9.17, 15) is 9.59 Å². The number of likely N-dealkylation sites (tertiary alicyclic amines) is 1. The fourth-order valence-electron chi connectivity index (χ4n) is 4.85. The van der Waals surface area contributed by atoms with Gasteiger partial charge in [-0.25, -0.2) is 0 Å². The van der Waals surface area contributed by atoms with Gasteiger partial charge in [-0.1, -0.05) is 46.3 Å². The van der Waals surface area contributed by atoms with Crippen LogP contribution in [-0.2, 0) is 9.59 Å². The topological polar surface area (TPSA) is 54.7 Å². The van der Waals surface area contributed by atoms with Gasteiger partial charge in [-0.3, -0.25) is 4.79 Å². The number of nitrogens with zero attached hydrogens (tertiary/aromatic N) is 3. The number of rotatable bonds is 5. The molecule has 1 unspecified atom stereocenters. The second-order valence-electron chi connectivity index (χ2n) is 9.05. The Hall–Kier alpha value is -0.534. The molecule has 7 heteroatoms. The van der Waals surface area contributed by atoms with Crippen molar-refractivity contribution in [2.24, 2.45) is 16.7 Å². The Labute approximate surface area is 202 Å². The van der Waals surface area contributed by atoms with E-state index >= 15 is 0 Å². The van der Waals surface area contributed by atoms with E-state index in [0.29, 0.717) is 0 Å². The molecule has 3 aliphatic rings. The molecule has 0 spiro atoms. The number of carbonyl (C=O) groups is 2. The molecular weight excluding hydrogens is 442 g/mol. The van der Waals surface area contributed by atoms with Crippen molar-refractivity contribution in [1.82, 2.24) is 9.91 Å². The summed E-state index contributed by atoms with van der Waals surface area (Å²) in [6.45, 7) is 10.0. The molecule has 3 rings (SSSR count). The van der Waals surface area contributed by atoms with Crippen LogP contribution in [-0.4, -0.2) is 63.9 Å². The molecule has 5 nitrogen and oxygen atoms in total. The van der Waals surface area contributed by atoms with Gasteiger partial charge < -0.3 is 37.1 Å². The minimum atomic E-state index is -0.612. The van der Waals surface area contributed by atoms with E-state index in [1.807, 2.05) is 35.2 Å². The van der Waals surface area contributed by atoms with Crippen LogP contribution in [0.4, 0.5) is 0 Å². The number of hydrogen-bond acceptors (Lipinski definition) is 3. The van der Waals surface area contributed by atoms with Crippen LogP contribution < -0.4 is 17.0 Å². The molecule has 1 aliphatic carbocycles. The summed E-state index contributed by atoms with van der Waals surface area (Å²) in [5.74, 6) is 0.0481. The van der Waals surface area contributed by atoms with Crippen molar-refractivity contribution < 1.29 is 26.6 Å². The van der Waals surface area contributed by atoms with E-state index in [4.69, 9.17) is 0 Å². The molecule has 158 valence electrons. The Morgan fingerprint density at radius 3 is 2.41 bits per heavy atom. The SMILES string of the molecule is CCCC1C=CC=CN1[N-]C(=O)[C@]1(C)CC[C@H](C(=O)N2CCCC2)C1(C)C.[Br-].[Mg+2]. The molecule has 1 saturated heterocycles. The van der Waals surface area contributed by atoms with Gasteiger partial charge in [-0.15, -0.1) is 0 Å². The zero-order valence-electron chi connectivity index (χ0n) is 18.4. The maximum atomic E-state index is 13.3. The maximum absolute atomic E-state index is 13.3. The Bertz CT molecular complexity index is 646. The smallest absolute Gasteiger partial charge is 1.00 e. The molecule has 2 heterocycles. The predicted octanol–water partition coefficient (Wildman–Crippen LogP) is 1.04. The second kappa shape index (κ2) is 10.7. The van der Waals surface area contributed by atoms with Crippen LogP contribution >= 0.6 is 0 Å². The average Bonchev–Trinajstić information content (AvgIpc) is 3.24. The first-order valence-corrected chi connectivity index (χ1v) is 10.5. The zero-order chi connectivity index (χ0) is 19.7. The third-order valence-corrected chi connectivity index (χ3v) is 7.23. The van der Waals surface area contributed by atoms with E-state index in [1.165, 1.54) is 0 Å². The molecule has 1 saturated carbocycles. The van der Waals surface area contributed by atoms with Crippen LogP contribution in [0.3, 0.4) is 0 Å². The molecule has 2 amide bonds. The quantitative estimate of drug-likeness (QED) is 0.558. The van der Waals surface area contributed by atoms with Crippen LogP contribution in [0, 0.1) is 16.7 Å². The molecule has 29 heavy (non-hydrogen) atoms. The summed E-state index contributed by atoms with van der Waals surface area (Å²) in [5.41, 5.74) is 3.50. The largest absolute Gasteiger partial charge is 2.00 e. The normalized spacial score (nSPS) is 29.9. The molecule has 3 atom stereocenters. The maximum Gasteiger partial charge on any atom is 2.00 e. The number of hydrogen-bond donors (Lipinski definition) is 0. The molecule has 0 N–H and O–H groups in total. The number of allylic oxidation sites excluding steroid dienone is 2. The summed E-state index contributed by atoms with van der Waals surface area (Å²) in [6.07, 6.45) is 13.6. The van der Waals surface area contributed by atoms with Gasteiger partial charge in [-0.2, -0.15) is 0 Å². The monoisotopic (exact) mass is 475 g/mol. The fourth-order valence-corrected chi connectivity index (χ4v) is 4.85. The van der Waals surface area contributed by atoms with Gasteiger partial charge >= 0.3 is 23.1 Å². The standard InChI is InChI=1S/C22H35N3O2.BrH.Mg/c1-5-10-17-11-6-7-16-25(17)23-20(27)22(4)13-12-18(21(22,2)3)19(26)24-14-8-9-15-24;;/h6-7,11,16-18H,5,8-10,12-15H2,1-4H3,(H,23,27);1H;/q;;+2/p-2/t17?,18-,22+;;/m1../s1. The summed E-state index contributed by atoms with van der Waals surface area (Å²) in [5, 5.41) is 1.81. The molecular formula is C22H34BrMgN3O2. The van der Waals surface area contributed by atoms with Crippen molar-refractivity contribution in [2.45, 2.75) is 72.3 Å². The van der Waals surface area contributed by atoms with Crippen molar-refractivity contribution in [1.29, 1.82) is 0 Å². The third-order valence-electron chi connectivity index (χ3n) is 7.23. The summed E-state index contributed by atoms with van der Waals surface area (Å²) >= 11 is 0. The number of carbonyl (C=O) groups excluding carboxylic acids is 2. The summed E-state index contributed by atoms with van der Waals surface area (Å²) in [4.78, 5) is 28.3. The first-order valence-electron chi connectivity index (χ1n) is 10.5. The van der Waals surface area contributed by atoms with Gasteiger partial charge in [0.15, 0.2) is 0 Å². The van der Waals surface area contributed by atoms with E-state index in [0.717, 1.165) is 51.6 Å². The summed E-state index contributed by atoms with van der Waals surface area (Å²) in [7, 11) is 0. The summed E-state index contributed by atoms with van der Waals surface area (Å²) in [6, 6.07) is 0.138. The average molecular weight is 477 g/mol. The Morgan fingerprint density at radius 2 is 1.79 bits per heavy atom. The van der Waals surface area contributed by atoms with Crippen LogP contribution in [0.15, 0.2) is 24.4 Å². The molecule has 0 aromatic rings. The minimum Gasteiger partial charge on any atom is -1.00 e. The molecule has 0 radical (unpaired) electrons. The molecule has 0 bridgehead atoms. The zero-order valence-corrected chi connectivity index (χ0v) is 21.4. The first kappa shape index (κ1) is 26.5. The van der Waals surface area contributed by atoms with E-state index in [1.54, 1.807) is 0 Å². The van der Waals surface area contributed by atoms with Crippen LogP contribution in [0.1, 0.15) is 66.2 Å².